The third kappa shape index (κ3) is 1.08. The molecule has 0 bridgehead atoms. The third-order valence-electron chi connectivity index (χ3n) is 2.75. The molecule has 0 fully saturated rings. The molecule has 0 radical (unpaired) electrons. The minimum atomic E-state index is -1.29. The maximum atomic E-state index is 10.2. The van der Waals surface area contributed by atoms with Gasteiger partial charge in [0, 0.05) is 0 Å². The number of amidine groups is 1. The summed E-state index contributed by atoms with van der Waals surface area (Å²) in [6.07, 6.45) is 1.23. The Balaban J connectivity index is 2.52. The minimum Gasteiger partial charge on any atom is -0.409 e. The average Bonchev–Trinajstić information content (AvgIpc) is 2.58. The Kier molecular flexibility index (Phi) is 1.93. The molecule has 1 atom stereocenters. The van der Waals surface area contributed by atoms with Crippen molar-refractivity contribution >= 4 is 5.84 Å². The van der Waals surface area contributed by atoms with Gasteiger partial charge in [0.15, 0.2) is 11.4 Å². The van der Waals surface area contributed by atoms with Crippen LogP contribution in [0.2, 0.25) is 0 Å². The van der Waals surface area contributed by atoms with Crippen molar-refractivity contribution in [1.29, 1.82) is 0 Å². The smallest absolute Gasteiger partial charge is 0.175 e. The van der Waals surface area contributed by atoms with E-state index in [0.717, 1.165) is 17.5 Å². The van der Waals surface area contributed by atoms with Crippen LogP contribution in [0.3, 0.4) is 0 Å². The van der Waals surface area contributed by atoms with Gasteiger partial charge in [0.1, 0.15) is 0 Å². The molecule has 1 unspecified atom stereocenters. The first-order valence-electron chi connectivity index (χ1n) is 4.47. The van der Waals surface area contributed by atoms with Crippen molar-refractivity contribution in [3.8, 4) is 0 Å². The zero-order chi connectivity index (χ0) is 10.2. The van der Waals surface area contributed by atoms with Gasteiger partial charge in [0.05, 0.1) is 0 Å². The van der Waals surface area contributed by atoms with E-state index in [9.17, 15) is 5.11 Å². The molecule has 1 aromatic carbocycles. The molecular formula is C10H12N2O2. The van der Waals surface area contributed by atoms with Crippen LogP contribution < -0.4 is 5.73 Å². The van der Waals surface area contributed by atoms with Gasteiger partial charge in [-0.2, -0.15) is 0 Å². The summed E-state index contributed by atoms with van der Waals surface area (Å²) < 4.78 is 0. The number of hydrogen-bond acceptors (Lipinski definition) is 3. The Bertz CT molecular complexity index is 389. The Hall–Kier alpha value is -1.55. The highest BCUT2D eigenvalue weighted by molar-refractivity contribution is 5.90. The number of nitrogens with zero attached hydrogens (tertiary/aromatic N) is 1. The van der Waals surface area contributed by atoms with Gasteiger partial charge in [0.25, 0.3) is 0 Å². The molecule has 0 aliphatic heterocycles. The standard InChI is InChI=1S/C10H12N2O2/c11-9(12-14)10(13)6-5-7-3-1-2-4-8(7)10/h1-4,13-14H,5-6H2,(H2,11,12). The van der Waals surface area contributed by atoms with Crippen LogP contribution in [0.4, 0.5) is 0 Å². The maximum absolute atomic E-state index is 10.2. The van der Waals surface area contributed by atoms with Crippen LogP contribution in [0.1, 0.15) is 17.5 Å². The fourth-order valence-electron chi connectivity index (χ4n) is 1.94. The van der Waals surface area contributed by atoms with Crippen molar-refractivity contribution < 1.29 is 10.3 Å². The zero-order valence-electron chi connectivity index (χ0n) is 7.64. The van der Waals surface area contributed by atoms with Crippen LogP contribution in [0.5, 0.6) is 0 Å². The van der Waals surface area contributed by atoms with E-state index in [0.29, 0.717) is 6.42 Å². The fourth-order valence-corrected chi connectivity index (χ4v) is 1.94. The highest BCUT2D eigenvalue weighted by Gasteiger charge is 2.40. The minimum absolute atomic E-state index is 0.137. The third-order valence-corrected chi connectivity index (χ3v) is 2.75. The van der Waals surface area contributed by atoms with E-state index in [4.69, 9.17) is 10.9 Å². The lowest BCUT2D eigenvalue weighted by atomic mass is 9.95. The van der Waals surface area contributed by atoms with Crippen molar-refractivity contribution in [2.75, 3.05) is 0 Å². The molecule has 14 heavy (non-hydrogen) atoms. The first kappa shape index (κ1) is 9.02. The number of aliphatic hydroxyl groups is 1. The summed E-state index contributed by atoms with van der Waals surface area (Å²) in [7, 11) is 0. The van der Waals surface area contributed by atoms with Crippen molar-refractivity contribution in [2.45, 2.75) is 18.4 Å². The lowest BCUT2D eigenvalue weighted by Crippen LogP contribution is -2.39. The fraction of sp³-hybridized carbons (Fsp3) is 0.300. The average molecular weight is 192 g/mol. The molecule has 1 aromatic rings. The summed E-state index contributed by atoms with van der Waals surface area (Å²) in [6, 6.07) is 7.50. The highest BCUT2D eigenvalue weighted by Crippen LogP contribution is 2.36. The zero-order valence-corrected chi connectivity index (χ0v) is 7.64. The van der Waals surface area contributed by atoms with Gasteiger partial charge in [-0.25, -0.2) is 0 Å². The first-order chi connectivity index (χ1) is 6.68. The molecule has 0 aromatic heterocycles. The van der Waals surface area contributed by atoms with Crippen molar-refractivity contribution in [3.05, 3.63) is 35.4 Å². The van der Waals surface area contributed by atoms with Crippen LogP contribution in [0, 0.1) is 0 Å². The predicted octanol–water partition coefficient (Wildman–Crippen LogP) is 0.567. The van der Waals surface area contributed by atoms with Crippen LogP contribution in [-0.2, 0) is 12.0 Å². The van der Waals surface area contributed by atoms with Gasteiger partial charge in [-0.3, -0.25) is 0 Å². The van der Waals surface area contributed by atoms with Crippen LogP contribution in [0.15, 0.2) is 29.4 Å². The number of fused-ring (bicyclic) bond motifs is 1. The van der Waals surface area contributed by atoms with Crippen molar-refractivity contribution in [2.24, 2.45) is 10.9 Å². The number of oxime groups is 1. The van der Waals surface area contributed by atoms with E-state index in [2.05, 4.69) is 5.16 Å². The lowest BCUT2D eigenvalue weighted by Gasteiger charge is -2.21. The summed E-state index contributed by atoms with van der Waals surface area (Å²) in [5, 5.41) is 21.7. The van der Waals surface area contributed by atoms with E-state index >= 15 is 0 Å². The summed E-state index contributed by atoms with van der Waals surface area (Å²) in [5.41, 5.74) is 5.99. The second-order valence-electron chi connectivity index (χ2n) is 3.50. The number of nitrogens with two attached hydrogens (primary N) is 1. The molecule has 0 amide bonds. The van der Waals surface area contributed by atoms with Crippen molar-refractivity contribution in [3.63, 3.8) is 0 Å². The largest absolute Gasteiger partial charge is 0.409 e. The molecule has 1 aliphatic carbocycles. The summed E-state index contributed by atoms with van der Waals surface area (Å²) >= 11 is 0. The van der Waals surface area contributed by atoms with E-state index in [1.54, 1.807) is 6.07 Å². The first-order valence-corrected chi connectivity index (χ1v) is 4.47. The molecule has 1 aliphatic rings. The molecule has 0 saturated heterocycles. The van der Waals surface area contributed by atoms with E-state index in [1.807, 2.05) is 18.2 Å². The normalized spacial score (nSPS) is 26.2. The van der Waals surface area contributed by atoms with Gasteiger partial charge in [-0.15, -0.1) is 0 Å². The number of hydrogen-bond donors (Lipinski definition) is 3. The Labute approximate surface area is 81.7 Å². The second-order valence-corrected chi connectivity index (χ2v) is 3.50. The molecule has 74 valence electrons. The quantitative estimate of drug-likeness (QED) is 0.263. The summed E-state index contributed by atoms with van der Waals surface area (Å²) in [4.78, 5) is 0. The summed E-state index contributed by atoms with van der Waals surface area (Å²) in [5.74, 6) is -0.137. The Morgan fingerprint density at radius 1 is 1.43 bits per heavy atom. The van der Waals surface area contributed by atoms with Gasteiger partial charge >= 0.3 is 0 Å². The highest BCUT2D eigenvalue weighted by atomic mass is 16.4. The number of aryl methyl sites for hydroxylation is 1. The SMILES string of the molecule is NC(=NO)C1(O)CCc2ccccc21. The molecular weight excluding hydrogens is 180 g/mol. The predicted molar refractivity (Wildman–Crippen MR) is 52.1 cm³/mol. The molecule has 0 spiro atoms. The number of benzene rings is 1. The van der Waals surface area contributed by atoms with Gasteiger partial charge in [0.2, 0.25) is 0 Å². The molecule has 4 nitrogen and oxygen atoms in total. The summed E-state index contributed by atoms with van der Waals surface area (Å²) in [6.45, 7) is 0. The van der Waals surface area contributed by atoms with Gasteiger partial charge < -0.3 is 16.0 Å². The maximum Gasteiger partial charge on any atom is 0.175 e. The van der Waals surface area contributed by atoms with E-state index in [-0.39, 0.29) is 5.84 Å². The topological polar surface area (TPSA) is 78.8 Å². The Morgan fingerprint density at radius 2 is 2.14 bits per heavy atom. The molecule has 0 saturated carbocycles. The van der Waals surface area contributed by atoms with Crippen molar-refractivity contribution in [1.82, 2.24) is 0 Å². The number of rotatable bonds is 1. The molecule has 4 heteroatoms. The van der Waals surface area contributed by atoms with Crippen LogP contribution in [-0.4, -0.2) is 16.1 Å². The van der Waals surface area contributed by atoms with Crippen LogP contribution in [0.25, 0.3) is 0 Å². The van der Waals surface area contributed by atoms with Gasteiger partial charge in [-0.05, 0) is 24.0 Å². The molecule has 4 N–H and O–H groups in total. The second kappa shape index (κ2) is 2.99. The van der Waals surface area contributed by atoms with E-state index in [1.165, 1.54) is 0 Å². The monoisotopic (exact) mass is 192 g/mol. The van der Waals surface area contributed by atoms with E-state index < -0.39 is 5.60 Å². The lowest BCUT2D eigenvalue weighted by molar-refractivity contribution is 0.107. The molecule has 2 rings (SSSR count). The Morgan fingerprint density at radius 3 is 2.86 bits per heavy atom. The van der Waals surface area contributed by atoms with Crippen LogP contribution >= 0.6 is 0 Å². The van der Waals surface area contributed by atoms with Gasteiger partial charge in [-0.1, -0.05) is 29.4 Å². The molecule has 0 heterocycles.